The number of fused-ring (bicyclic) bond motifs is 1. The number of aryl methyl sites for hydroxylation is 1. The van der Waals surface area contributed by atoms with Crippen LogP contribution in [-0.4, -0.2) is 24.1 Å². The van der Waals surface area contributed by atoms with Gasteiger partial charge in [0.1, 0.15) is 0 Å². The summed E-state index contributed by atoms with van der Waals surface area (Å²) in [4.78, 5) is 26.4. The molecule has 1 unspecified atom stereocenters. The molecule has 1 aliphatic carbocycles. The number of carbonyl (C=O) groups excluding carboxylic acids is 2. The molecule has 1 saturated carbocycles. The fourth-order valence-corrected chi connectivity index (χ4v) is 3.71. The average molecular weight is 341 g/mol. The molecule has 25 heavy (non-hydrogen) atoms. The van der Waals surface area contributed by atoms with Gasteiger partial charge >= 0.3 is 0 Å². The van der Waals surface area contributed by atoms with E-state index in [0.29, 0.717) is 5.92 Å². The Morgan fingerprint density at radius 2 is 2.04 bits per heavy atom. The van der Waals surface area contributed by atoms with E-state index in [0.717, 1.165) is 50.0 Å². The molecule has 0 radical (unpaired) electrons. The van der Waals surface area contributed by atoms with Gasteiger partial charge in [-0.25, -0.2) is 5.43 Å². The first kappa shape index (κ1) is 17.6. The number of nitrogens with zero attached hydrogens (tertiary/aromatic N) is 2. The average Bonchev–Trinajstić information content (AvgIpc) is 2.64. The standard InChI is InChI=1S/C20H27N3O2/c1-15-6-4-9-17(14-15)21-22-19(24)11-12-20(25)23-13-5-8-16-7-2-3-10-18(16)23/h2-3,7,10,15H,4-6,8-9,11-14H2,1H3,(H,22,24). The Bertz CT molecular complexity index is 669. The molecule has 0 bridgehead atoms. The molecule has 134 valence electrons. The number of hydrazone groups is 1. The lowest BCUT2D eigenvalue weighted by atomic mass is 9.89. The van der Waals surface area contributed by atoms with Crippen molar-refractivity contribution in [2.75, 3.05) is 11.4 Å². The van der Waals surface area contributed by atoms with Crippen LogP contribution in [-0.2, 0) is 16.0 Å². The quantitative estimate of drug-likeness (QED) is 0.853. The third-order valence-electron chi connectivity index (χ3n) is 5.06. The number of para-hydroxylation sites is 1. The van der Waals surface area contributed by atoms with Crippen molar-refractivity contribution < 1.29 is 9.59 Å². The molecule has 1 N–H and O–H groups in total. The van der Waals surface area contributed by atoms with E-state index >= 15 is 0 Å². The van der Waals surface area contributed by atoms with E-state index in [1.807, 2.05) is 23.1 Å². The van der Waals surface area contributed by atoms with Crippen LogP contribution < -0.4 is 10.3 Å². The van der Waals surface area contributed by atoms with Crippen LogP contribution in [0, 0.1) is 5.92 Å². The summed E-state index contributed by atoms with van der Waals surface area (Å²) in [5.41, 5.74) is 5.91. The normalized spacial score (nSPS) is 21.7. The highest BCUT2D eigenvalue weighted by molar-refractivity contribution is 5.96. The summed E-state index contributed by atoms with van der Waals surface area (Å²) in [5.74, 6) is 0.482. The zero-order valence-corrected chi connectivity index (χ0v) is 15.0. The van der Waals surface area contributed by atoms with Crippen LogP contribution in [0.4, 0.5) is 5.69 Å². The minimum absolute atomic E-state index is 0.0150. The molecule has 1 fully saturated rings. The van der Waals surface area contributed by atoms with E-state index in [9.17, 15) is 9.59 Å². The van der Waals surface area contributed by atoms with Crippen molar-refractivity contribution in [1.29, 1.82) is 0 Å². The van der Waals surface area contributed by atoms with Gasteiger partial charge in [0.05, 0.1) is 0 Å². The molecule has 1 atom stereocenters. The molecule has 1 aromatic carbocycles. The van der Waals surface area contributed by atoms with Crippen LogP contribution in [0.3, 0.4) is 0 Å². The summed E-state index contributed by atoms with van der Waals surface area (Å²) in [6.07, 6.45) is 6.70. The molecular weight excluding hydrogens is 314 g/mol. The van der Waals surface area contributed by atoms with Crippen LogP contribution in [0.15, 0.2) is 29.4 Å². The predicted octanol–water partition coefficient (Wildman–Crippen LogP) is 3.43. The lowest BCUT2D eigenvalue weighted by Gasteiger charge is -2.29. The highest BCUT2D eigenvalue weighted by Crippen LogP contribution is 2.27. The molecule has 2 amide bonds. The molecule has 0 spiro atoms. The predicted molar refractivity (Wildman–Crippen MR) is 99.6 cm³/mol. The first-order chi connectivity index (χ1) is 12.1. The molecule has 2 aliphatic rings. The first-order valence-electron chi connectivity index (χ1n) is 9.36. The largest absolute Gasteiger partial charge is 0.312 e. The van der Waals surface area contributed by atoms with Gasteiger partial charge in [0.2, 0.25) is 11.8 Å². The summed E-state index contributed by atoms with van der Waals surface area (Å²) in [5, 5.41) is 4.25. The molecule has 1 aromatic rings. The number of benzene rings is 1. The van der Waals surface area contributed by atoms with Crippen molar-refractivity contribution in [3.63, 3.8) is 0 Å². The summed E-state index contributed by atoms with van der Waals surface area (Å²) in [7, 11) is 0. The highest BCUT2D eigenvalue weighted by atomic mass is 16.2. The van der Waals surface area contributed by atoms with Gasteiger partial charge < -0.3 is 4.90 Å². The van der Waals surface area contributed by atoms with Gasteiger partial charge in [0.15, 0.2) is 0 Å². The smallest absolute Gasteiger partial charge is 0.240 e. The van der Waals surface area contributed by atoms with Crippen LogP contribution in [0.5, 0.6) is 0 Å². The number of carbonyl (C=O) groups is 2. The van der Waals surface area contributed by atoms with Crippen LogP contribution in [0.1, 0.15) is 57.4 Å². The van der Waals surface area contributed by atoms with Crippen LogP contribution >= 0.6 is 0 Å². The Morgan fingerprint density at radius 3 is 2.88 bits per heavy atom. The van der Waals surface area contributed by atoms with Gasteiger partial charge in [-0.3, -0.25) is 9.59 Å². The van der Waals surface area contributed by atoms with E-state index in [1.165, 1.54) is 12.0 Å². The maximum atomic E-state index is 12.5. The fraction of sp³-hybridized carbons (Fsp3) is 0.550. The zero-order valence-electron chi connectivity index (χ0n) is 15.0. The Morgan fingerprint density at radius 1 is 1.20 bits per heavy atom. The Labute approximate surface area is 149 Å². The zero-order chi connectivity index (χ0) is 17.6. The Hall–Kier alpha value is -2.17. The lowest BCUT2D eigenvalue weighted by Crippen LogP contribution is -2.36. The summed E-state index contributed by atoms with van der Waals surface area (Å²) in [6, 6.07) is 8.02. The van der Waals surface area contributed by atoms with Gasteiger partial charge in [-0.05, 0) is 56.1 Å². The molecule has 3 rings (SSSR count). The van der Waals surface area contributed by atoms with Crippen molar-refractivity contribution in [3.05, 3.63) is 29.8 Å². The SMILES string of the molecule is CC1CCCC(=NNC(=O)CCC(=O)N2CCCc3ccccc32)C1. The third kappa shape index (κ3) is 4.68. The van der Waals surface area contributed by atoms with Crippen molar-refractivity contribution >= 4 is 23.2 Å². The third-order valence-corrected chi connectivity index (χ3v) is 5.06. The van der Waals surface area contributed by atoms with E-state index < -0.39 is 0 Å². The summed E-state index contributed by atoms with van der Waals surface area (Å²) < 4.78 is 0. The van der Waals surface area contributed by atoms with Crippen molar-refractivity contribution in [3.8, 4) is 0 Å². The van der Waals surface area contributed by atoms with Crippen molar-refractivity contribution in [2.24, 2.45) is 11.0 Å². The minimum Gasteiger partial charge on any atom is -0.312 e. The second-order valence-electron chi connectivity index (χ2n) is 7.19. The van der Waals surface area contributed by atoms with Crippen LogP contribution in [0.25, 0.3) is 0 Å². The number of anilines is 1. The molecule has 0 aromatic heterocycles. The van der Waals surface area contributed by atoms with Crippen LogP contribution in [0.2, 0.25) is 0 Å². The minimum atomic E-state index is -0.177. The number of hydrogen-bond acceptors (Lipinski definition) is 3. The number of rotatable bonds is 4. The number of hydrogen-bond donors (Lipinski definition) is 1. The molecule has 1 heterocycles. The topological polar surface area (TPSA) is 61.8 Å². The van der Waals surface area contributed by atoms with Crippen molar-refractivity contribution in [1.82, 2.24) is 5.43 Å². The number of amides is 2. The van der Waals surface area contributed by atoms with E-state index in [4.69, 9.17) is 0 Å². The van der Waals surface area contributed by atoms with Gasteiger partial charge in [0, 0.05) is 30.8 Å². The molecule has 1 aliphatic heterocycles. The second-order valence-corrected chi connectivity index (χ2v) is 7.19. The molecule has 0 saturated heterocycles. The molecule has 5 nitrogen and oxygen atoms in total. The van der Waals surface area contributed by atoms with Gasteiger partial charge in [-0.2, -0.15) is 5.10 Å². The van der Waals surface area contributed by atoms with E-state index in [1.54, 1.807) is 0 Å². The van der Waals surface area contributed by atoms with E-state index in [-0.39, 0.29) is 24.7 Å². The Kier molecular flexibility index (Phi) is 5.84. The fourth-order valence-electron chi connectivity index (χ4n) is 3.71. The monoisotopic (exact) mass is 341 g/mol. The molecular formula is C20H27N3O2. The van der Waals surface area contributed by atoms with E-state index in [2.05, 4.69) is 23.5 Å². The van der Waals surface area contributed by atoms with Gasteiger partial charge in [0.25, 0.3) is 0 Å². The van der Waals surface area contributed by atoms with Gasteiger partial charge in [-0.15, -0.1) is 0 Å². The lowest BCUT2D eigenvalue weighted by molar-refractivity contribution is -0.125. The van der Waals surface area contributed by atoms with Crippen molar-refractivity contribution in [2.45, 2.75) is 58.3 Å². The highest BCUT2D eigenvalue weighted by Gasteiger charge is 2.22. The molecule has 5 heteroatoms. The second kappa shape index (κ2) is 8.28. The number of nitrogens with one attached hydrogen (secondary N) is 1. The van der Waals surface area contributed by atoms with Gasteiger partial charge in [-0.1, -0.05) is 25.1 Å². The summed E-state index contributed by atoms with van der Waals surface area (Å²) in [6.45, 7) is 2.95. The summed E-state index contributed by atoms with van der Waals surface area (Å²) >= 11 is 0. The Balaban J connectivity index is 1.49. The first-order valence-corrected chi connectivity index (χ1v) is 9.36. The maximum absolute atomic E-state index is 12.5. The maximum Gasteiger partial charge on any atom is 0.240 e.